The molecule has 4 heteroatoms. The zero-order chi connectivity index (χ0) is 14.4. The molecule has 1 aliphatic rings. The number of carbonyl (C=O) groups is 1. The van der Waals surface area contributed by atoms with E-state index in [1.807, 2.05) is 44.2 Å². The first kappa shape index (κ1) is 15.0. The Balaban J connectivity index is 1.80. The molecule has 0 radical (unpaired) electrons. The second-order valence-electron chi connectivity index (χ2n) is 5.28. The van der Waals surface area contributed by atoms with Crippen molar-refractivity contribution in [3.05, 3.63) is 35.9 Å². The zero-order valence-electron chi connectivity index (χ0n) is 12.1. The van der Waals surface area contributed by atoms with Crippen molar-refractivity contribution < 1.29 is 19.0 Å². The molecule has 2 unspecified atom stereocenters. The Bertz CT molecular complexity index is 431. The fourth-order valence-electron chi connectivity index (χ4n) is 2.29. The topological polar surface area (TPSA) is 44.8 Å². The molecule has 1 aromatic carbocycles. The molecule has 1 heterocycles. The van der Waals surface area contributed by atoms with E-state index >= 15 is 0 Å². The summed E-state index contributed by atoms with van der Waals surface area (Å²) >= 11 is 0. The van der Waals surface area contributed by atoms with Crippen LogP contribution in [0.5, 0.6) is 0 Å². The first-order valence-corrected chi connectivity index (χ1v) is 7.12. The van der Waals surface area contributed by atoms with Gasteiger partial charge in [0.15, 0.2) is 5.79 Å². The van der Waals surface area contributed by atoms with E-state index in [-0.39, 0.29) is 18.7 Å². The van der Waals surface area contributed by atoms with E-state index in [1.165, 1.54) is 5.56 Å². The largest absolute Gasteiger partial charge is 0.463 e. The molecular weight excluding hydrogens is 256 g/mol. The molecule has 0 bridgehead atoms. The van der Waals surface area contributed by atoms with Crippen molar-refractivity contribution in [2.24, 2.45) is 0 Å². The van der Waals surface area contributed by atoms with Gasteiger partial charge in [-0.2, -0.15) is 0 Å². The molecule has 1 aliphatic heterocycles. The lowest BCUT2D eigenvalue weighted by molar-refractivity contribution is -0.165. The Morgan fingerprint density at radius 2 is 2.15 bits per heavy atom. The number of hydrogen-bond donors (Lipinski definition) is 0. The molecule has 2 atom stereocenters. The Labute approximate surface area is 120 Å². The van der Waals surface area contributed by atoms with Gasteiger partial charge in [-0.25, -0.2) is 0 Å². The van der Waals surface area contributed by atoms with Crippen LogP contribution in [0.4, 0.5) is 0 Å². The minimum Gasteiger partial charge on any atom is -0.463 e. The molecule has 0 spiro atoms. The Hall–Kier alpha value is -1.39. The van der Waals surface area contributed by atoms with Crippen LogP contribution in [0.2, 0.25) is 0 Å². The highest BCUT2D eigenvalue weighted by atomic mass is 16.7. The summed E-state index contributed by atoms with van der Waals surface area (Å²) in [6.07, 6.45) is 1.76. The third-order valence-corrected chi connectivity index (χ3v) is 3.24. The second-order valence-corrected chi connectivity index (χ2v) is 5.28. The SMILES string of the molecule is CCCC(=O)OCC1COC(C)(Cc2ccccc2)O1. The molecule has 0 N–H and O–H groups in total. The van der Waals surface area contributed by atoms with Gasteiger partial charge in [-0.05, 0) is 18.9 Å². The van der Waals surface area contributed by atoms with Gasteiger partial charge >= 0.3 is 5.97 Å². The average molecular weight is 278 g/mol. The molecular formula is C16H22O4. The third-order valence-electron chi connectivity index (χ3n) is 3.24. The van der Waals surface area contributed by atoms with Crippen LogP contribution >= 0.6 is 0 Å². The van der Waals surface area contributed by atoms with E-state index in [9.17, 15) is 4.79 Å². The first-order valence-electron chi connectivity index (χ1n) is 7.12. The highest BCUT2D eigenvalue weighted by Gasteiger charge is 2.37. The molecule has 0 saturated carbocycles. The lowest BCUT2D eigenvalue weighted by Gasteiger charge is -2.23. The van der Waals surface area contributed by atoms with Crippen LogP contribution < -0.4 is 0 Å². The summed E-state index contributed by atoms with van der Waals surface area (Å²) in [4.78, 5) is 11.3. The summed E-state index contributed by atoms with van der Waals surface area (Å²) in [7, 11) is 0. The zero-order valence-corrected chi connectivity index (χ0v) is 12.1. The van der Waals surface area contributed by atoms with E-state index in [2.05, 4.69) is 0 Å². The van der Waals surface area contributed by atoms with Gasteiger partial charge in [0.25, 0.3) is 0 Å². The van der Waals surface area contributed by atoms with Gasteiger partial charge in [-0.1, -0.05) is 37.3 Å². The van der Waals surface area contributed by atoms with Gasteiger partial charge in [0.2, 0.25) is 0 Å². The van der Waals surface area contributed by atoms with Gasteiger partial charge in [0.1, 0.15) is 12.7 Å². The van der Waals surface area contributed by atoms with E-state index in [0.717, 1.165) is 6.42 Å². The minimum atomic E-state index is -0.636. The summed E-state index contributed by atoms with van der Waals surface area (Å²) in [5, 5.41) is 0. The molecule has 0 amide bonds. The van der Waals surface area contributed by atoms with Crippen LogP contribution in [0.1, 0.15) is 32.3 Å². The fourth-order valence-corrected chi connectivity index (χ4v) is 2.29. The Morgan fingerprint density at radius 1 is 1.40 bits per heavy atom. The van der Waals surface area contributed by atoms with Crippen molar-refractivity contribution >= 4 is 5.97 Å². The molecule has 0 aromatic heterocycles. The van der Waals surface area contributed by atoms with Crippen molar-refractivity contribution in [3.8, 4) is 0 Å². The monoisotopic (exact) mass is 278 g/mol. The summed E-state index contributed by atoms with van der Waals surface area (Å²) in [5.41, 5.74) is 1.17. The normalized spacial score (nSPS) is 25.6. The van der Waals surface area contributed by atoms with Crippen LogP contribution in [0, 0.1) is 0 Å². The second kappa shape index (κ2) is 6.86. The van der Waals surface area contributed by atoms with Crippen LogP contribution in [-0.2, 0) is 25.4 Å². The minimum absolute atomic E-state index is 0.173. The van der Waals surface area contributed by atoms with Crippen molar-refractivity contribution in [2.75, 3.05) is 13.2 Å². The van der Waals surface area contributed by atoms with E-state index in [4.69, 9.17) is 14.2 Å². The van der Waals surface area contributed by atoms with Gasteiger partial charge in [0, 0.05) is 12.8 Å². The Kier molecular flexibility index (Phi) is 5.15. The summed E-state index contributed by atoms with van der Waals surface area (Å²) in [6, 6.07) is 10.1. The van der Waals surface area contributed by atoms with Crippen molar-refractivity contribution in [3.63, 3.8) is 0 Å². The van der Waals surface area contributed by atoms with Gasteiger partial charge in [0.05, 0.1) is 6.61 Å². The lowest BCUT2D eigenvalue weighted by atomic mass is 10.1. The molecule has 0 aliphatic carbocycles. The number of esters is 1. The van der Waals surface area contributed by atoms with Gasteiger partial charge in [-0.15, -0.1) is 0 Å². The fraction of sp³-hybridized carbons (Fsp3) is 0.562. The van der Waals surface area contributed by atoms with E-state index in [0.29, 0.717) is 19.4 Å². The summed E-state index contributed by atoms with van der Waals surface area (Å²) in [5.74, 6) is -0.809. The predicted octanol–water partition coefficient (Wildman–Crippen LogP) is 2.70. The molecule has 20 heavy (non-hydrogen) atoms. The van der Waals surface area contributed by atoms with Gasteiger partial charge in [-0.3, -0.25) is 4.79 Å². The number of carbonyl (C=O) groups excluding carboxylic acids is 1. The van der Waals surface area contributed by atoms with Crippen LogP contribution in [0.3, 0.4) is 0 Å². The summed E-state index contributed by atoms with van der Waals surface area (Å²) < 4.78 is 16.8. The quantitative estimate of drug-likeness (QED) is 0.751. The highest BCUT2D eigenvalue weighted by Crippen LogP contribution is 2.27. The molecule has 110 valence electrons. The van der Waals surface area contributed by atoms with Crippen LogP contribution in [-0.4, -0.2) is 31.1 Å². The molecule has 1 saturated heterocycles. The number of hydrogen-bond acceptors (Lipinski definition) is 4. The molecule has 4 nitrogen and oxygen atoms in total. The van der Waals surface area contributed by atoms with Crippen LogP contribution in [0.25, 0.3) is 0 Å². The first-order chi connectivity index (χ1) is 9.61. The standard InChI is InChI=1S/C16H22O4/c1-3-7-15(17)18-11-14-12-19-16(2,20-14)10-13-8-5-4-6-9-13/h4-6,8-9,14H,3,7,10-12H2,1-2H3. The molecule has 1 aromatic rings. The smallest absolute Gasteiger partial charge is 0.305 e. The molecule has 2 rings (SSSR count). The summed E-state index contributed by atoms with van der Waals surface area (Å²) in [6.45, 7) is 4.60. The number of rotatable bonds is 6. The predicted molar refractivity (Wildman–Crippen MR) is 75.2 cm³/mol. The maximum absolute atomic E-state index is 11.3. The van der Waals surface area contributed by atoms with E-state index < -0.39 is 5.79 Å². The number of benzene rings is 1. The van der Waals surface area contributed by atoms with Crippen molar-refractivity contribution in [1.29, 1.82) is 0 Å². The highest BCUT2D eigenvalue weighted by molar-refractivity contribution is 5.69. The van der Waals surface area contributed by atoms with Crippen molar-refractivity contribution in [2.45, 2.75) is 45.0 Å². The van der Waals surface area contributed by atoms with Crippen LogP contribution in [0.15, 0.2) is 30.3 Å². The van der Waals surface area contributed by atoms with E-state index in [1.54, 1.807) is 0 Å². The molecule has 1 fully saturated rings. The maximum atomic E-state index is 11.3. The average Bonchev–Trinajstić information content (AvgIpc) is 2.79. The van der Waals surface area contributed by atoms with Crippen molar-refractivity contribution in [1.82, 2.24) is 0 Å². The van der Waals surface area contributed by atoms with Gasteiger partial charge < -0.3 is 14.2 Å². The Morgan fingerprint density at radius 3 is 2.85 bits per heavy atom. The number of ether oxygens (including phenoxy) is 3. The lowest BCUT2D eigenvalue weighted by Crippen LogP contribution is -2.30. The third kappa shape index (κ3) is 4.32. The maximum Gasteiger partial charge on any atom is 0.305 e.